The maximum absolute atomic E-state index is 4.07. The number of aromatic nitrogens is 2. The van der Waals surface area contributed by atoms with Crippen LogP contribution in [0, 0.1) is 0 Å². The molecule has 0 aliphatic rings. The van der Waals surface area contributed by atoms with Crippen molar-refractivity contribution in [2.45, 2.75) is 0 Å². The van der Waals surface area contributed by atoms with Crippen molar-refractivity contribution in [3.63, 3.8) is 0 Å². The summed E-state index contributed by atoms with van der Waals surface area (Å²) in [6.07, 6.45) is 3.37. The number of rotatable bonds is 0. The molecule has 0 atom stereocenters. The van der Waals surface area contributed by atoms with E-state index in [1.54, 1.807) is 6.33 Å². The van der Waals surface area contributed by atoms with Gasteiger partial charge in [0.05, 0.1) is 5.52 Å². The van der Waals surface area contributed by atoms with Gasteiger partial charge in [0.2, 0.25) is 0 Å². The second-order valence-corrected chi connectivity index (χ2v) is 2.08. The molecule has 2 nitrogen and oxygen atoms in total. The Morgan fingerprint density at radius 2 is 1.91 bits per heavy atom. The summed E-state index contributed by atoms with van der Waals surface area (Å²) in [6.45, 7) is 0. The Kier molecular flexibility index (Phi) is 3.61. The van der Waals surface area contributed by atoms with Gasteiger partial charge in [0.25, 0.3) is 0 Å². The number of nitrogens with zero attached hydrogens (tertiary/aromatic N) is 2. The van der Waals surface area contributed by atoms with E-state index < -0.39 is 0 Å². The summed E-state index contributed by atoms with van der Waals surface area (Å²) >= 11 is 0. The smallest absolute Gasteiger partial charge is 0.116 e. The normalized spacial score (nSPS) is 9.09. The van der Waals surface area contributed by atoms with Crippen molar-refractivity contribution in [2.24, 2.45) is 0 Å². The minimum atomic E-state index is 0. The monoisotopic (exact) mass is 169 g/mol. The van der Waals surface area contributed by atoms with Crippen LogP contribution in [-0.2, 0) is 0 Å². The summed E-state index contributed by atoms with van der Waals surface area (Å²) < 4.78 is 0. The summed E-state index contributed by atoms with van der Waals surface area (Å²) in [6, 6.07) is 7.91. The molecule has 1 aromatic heterocycles. The van der Waals surface area contributed by atoms with Gasteiger partial charge in [0.1, 0.15) is 6.33 Å². The SMILES string of the molecule is [K].c1ccc2ncncc2c1. The number of hydrogen-bond donors (Lipinski definition) is 0. The molecule has 0 unspecified atom stereocenters. The zero-order valence-corrected chi connectivity index (χ0v) is 9.48. The van der Waals surface area contributed by atoms with Gasteiger partial charge < -0.3 is 0 Å². The first-order valence-corrected chi connectivity index (χ1v) is 3.11. The van der Waals surface area contributed by atoms with Crippen LogP contribution in [0.15, 0.2) is 36.8 Å². The average molecular weight is 169 g/mol. The molecule has 0 bridgehead atoms. The van der Waals surface area contributed by atoms with E-state index in [0.717, 1.165) is 10.9 Å². The molecule has 11 heavy (non-hydrogen) atoms. The first-order valence-electron chi connectivity index (χ1n) is 3.11. The van der Waals surface area contributed by atoms with Crippen LogP contribution in [0.3, 0.4) is 0 Å². The van der Waals surface area contributed by atoms with Crippen molar-refractivity contribution in [3.05, 3.63) is 36.8 Å². The molecule has 0 aliphatic heterocycles. The van der Waals surface area contributed by atoms with Crippen molar-refractivity contribution >= 4 is 62.3 Å². The Hall–Kier alpha value is 0.196. The Bertz CT molecular complexity index is 283. The second-order valence-electron chi connectivity index (χ2n) is 2.08. The van der Waals surface area contributed by atoms with E-state index in [4.69, 9.17) is 0 Å². The molecule has 0 aliphatic carbocycles. The van der Waals surface area contributed by atoms with Gasteiger partial charge in [0, 0.05) is 63.0 Å². The quantitative estimate of drug-likeness (QED) is 0.555. The van der Waals surface area contributed by atoms with Crippen LogP contribution < -0.4 is 0 Å². The van der Waals surface area contributed by atoms with Crippen LogP contribution in [0.25, 0.3) is 10.9 Å². The van der Waals surface area contributed by atoms with Crippen molar-refractivity contribution in [3.8, 4) is 0 Å². The summed E-state index contributed by atoms with van der Waals surface area (Å²) in [7, 11) is 0. The first kappa shape index (κ1) is 9.29. The number of para-hydroxylation sites is 1. The van der Waals surface area contributed by atoms with Crippen LogP contribution in [0.2, 0.25) is 0 Å². The van der Waals surface area contributed by atoms with E-state index >= 15 is 0 Å². The van der Waals surface area contributed by atoms with Crippen LogP contribution in [0.4, 0.5) is 0 Å². The summed E-state index contributed by atoms with van der Waals surface area (Å²) in [5.41, 5.74) is 0.998. The van der Waals surface area contributed by atoms with Gasteiger partial charge in [-0.15, -0.1) is 0 Å². The standard InChI is InChI=1S/C8H6N2.K/c1-2-4-8-7(3-1)5-9-6-10-8;/h1-6H;. The zero-order valence-electron chi connectivity index (χ0n) is 6.36. The fourth-order valence-electron chi connectivity index (χ4n) is 0.923. The van der Waals surface area contributed by atoms with Crippen molar-refractivity contribution < 1.29 is 0 Å². The largest absolute Gasteiger partial charge is 0.244 e. The molecule has 3 heteroatoms. The molecular formula is C8H6KN2. The number of fused-ring (bicyclic) bond motifs is 1. The van der Waals surface area contributed by atoms with Crippen molar-refractivity contribution in [2.75, 3.05) is 0 Å². The van der Waals surface area contributed by atoms with E-state index in [1.807, 2.05) is 30.5 Å². The Balaban J connectivity index is 0.000000605. The van der Waals surface area contributed by atoms with Gasteiger partial charge in [-0.25, -0.2) is 9.97 Å². The molecule has 0 N–H and O–H groups in total. The van der Waals surface area contributed by atoms with Crippen LogP contribution in [0.1, 0.15) is 0 Å². The summed E-state index contributed by atoms with van der Waals surface area (Å²) in [5, 5.41) is 1.09. The average Bonchev–Trinajstić information content (AvgIpc) is 2.05. The Labute approximate surface area is 107 Å². The van der Waals surface area contributed by atoms with Crippen LogP contribution >= 0.6 is 0 Å². The fourth-order valence-corrected chi connectivity index (χ4v) is 0.923. The van der Waals surface area contributed by atoms with E-state index in [-0.39, 0.29) is 51.4 Å². The Morgan fingerprint density at radius 1 is 1.09 bits per heavy atom. The minimum Gasteiger partial charge on any atom is -0.244 e. The number of benzene rings is 1. The van der Waals surface area contributed by atoms with Gasteiger partial charge in [-0.3, -0.25) is 0 Å². The third-order valence-corrected chi connectivity index (χ3v) is 1.41. The van der Waals surface area contributed by atoms with E-state index in [2.05, 4.69) is 9.97 Å². The van der Waals surface area contributed by atoms with Crippen molar-refractivity contribution in [1.29, 1.82) is 0 Å². The molecule has 49 valence electrons. The topological polar surface area (TPSA) is 25.8 Å². The van der Waals surface area contributed by atoms with Gasteiger partial charge in [-0.2, -0.15) is 0 Å². The zero-order chi connectivity index (χ0) is 6.81. The molecular weight excluding hydrogens is 163 g/mol. The molecule has 1 heterocycles. The van der Waals surface area contributed by atoms with Crippen molar-refractivity contribution in [1.82, 2.24) is 9.97 Å². The molecule has 0 saturated carbocycles. The van der Waals surface area contributed by atoms with Gasteiger partial charge in [-0.05, 0) is 6.07 Å². The second kappa shape index (κ2) is 4.28. The van der Waals surface area contributed by atoms with E-state index in [9.17, 15) is 0 Å². The Morgan fingerprint density at radius 3 is 2.73 bits per heavy atom. The minimum absolute atomic E-state index is 0. The van der Waals surface area contributed by atoms with Gasteiger partial charge >= 0.3 is 0 Å². The molecule has 0 spiro atoms. The number of hydrogen-bond acceptors (Lipinski definition) is 2. The first-order chi connectivity index (χ1) is 4.97. The fraction of sp³-hybridized carbons (Fsp3) is 0. The molecule has 2 rings (SSSR count). The van der Waals surface area contributed by atoms with Crippen LogP contribution in [0.5, 0.6) is 0 Å². The maximum atomic E-state index is 4.07. The van der Waals surface area contributed by atoms with Crippen LogP contribution in [-0.4, -0.2) is 61.4 Å². The molecule has 0 saturated heterocycles. The molecule has 1 radical (unpaired) electrons. The predicted octanol–water partition coefficient (Wildman–Crippen LogP) is 1.25. The molecule has 0 fully saturated rings. The maximum Gasteiger partial charge on any atom is 0.116 e. The molecule has 1 aromatic carbocycles. The third-order valence-electron chi connectivity index (χ3n) is 1.41. The molecule has 0 amide bonds. The predicted molar refractivity (Wildman–Crippen MR) is 45.3 cm³/mol. The van der Waals surface area contributed by atoms with E-state index in [0.29, 0.717) is 0 Å². The molecule has 2 aromatic rings. The summed E-state index contributed by atoms with van der Waals surface area (Å²) in [5.74, 6) is 0. The van der Waals surface area contributed by atoms with Gasteiger partial charge in [-0.1, -0.05) is 18.2 Å². The summed E-state index contributed by atoms with van der Waals surface area (Å²) in [4.78, 5) is 7.97. The van der Waals surface area contributed by atoms with Gasteiger partial charge in [0.15, 0.2) is 0 Å². The van der Waals surface area contributed by atoms with E-state index in [1.165, 1.54) is 0 Å². The third kappa shape index (κ3) is 2.07.